The van der Waals surface area contributed by atoms with Gasteiger partial charge in [-0.25, -0.2) is 18.4 Å². The highest BCUT2D eigenvalue weighted by Crippen LogP contribution is 2.43. The Balaban J connectivity index is 0.000000211. The van der Waals surface area contributed by atoms with Crippen molar-refractivity contribution in [3.8, 4) is 0 Å². The zero-order chi connectivity index (χ0) is 40.1. The first-order chi connectivity index (χ1) is 25.9. The molecule has 2 heterocycles. The number of nitrogens with zero attached hydrogens (tertiary/aromatic N) is 2. The van der Waals surface area contributed by atoms with Crippen molar-refractivity contribution >= 4 is 49.8 Å². The molecule has 0 bridgehead atoms. The van der Waals surface area contributed by atoms with Gasteiger partial charge in [-0.05, 0) is 105 Å². The smallest absolute Gasteiger partial charge is 0.411 e. The summed E-state index contributed by atoms with van der Waals surface area (Å²) in [5.41, 5.74) is 0.236. The molecular formula is C43H46Br2F2N2O6. The van der Waals surface area contributed by atoms with Crippen LogP contribution in [0.1, 0.15) is 94.6 Å². The highest BCUT2D eigenvalue weighted by Gasteiger charge is 2.47. The maximum atomic E-state index is 13.4. The number of carbonyl (C=O) groups excluding carboxylic acids is 3. The number of amides is 2. The second-order valence-corrected chi connectivity index (χ2v) is 16.8. The first-order valence-corrected chi connectivity index (χ1v) is 19.7. The molecule has 0 aromatic heterocycles. The Labute approximate surface area is 338 Å². The van der Waals surface area contributed by atoms with E-state index in [1.54, 1.807) is 47.9 Å². The number of hydrogen-bond donors (Lipinski definition) is 1. The molecule has 55 heavy (non-hydrogen) atoms. The van der Waals surface area contributed by atoms with Gasteiger partial charge in [0.05, 0.1) is 24.1 Å². The molecule has 2 aliphatic rings. The molecule has 0 aliphatic carbocycles. The Bertz CT molecular complexity index is 1990. The van der Waals surface area contributed by atoms with Crippen molar-refractivity contribution in [2.24, 2.45) is 0 Å². The second kappa shape index (κ2) is 17.3. The van der Waals surface area contributed by atoms with Crippen LogP contribution in [0, 0.1) is 11.6 Å². The highest BCUT2D eigenvalue weighted by molar-refractivity contribution is 9.10. The average molecular weight is 885 g/mol. The fourth-order valence-corrected chi connectivity index (χ4v) is 8.24. The molecule has 0 radical (unpaired) electrons. The van der Waals surface area contributed by atoms with Gasteiger partial charge in [0, 0.05) is 41.3 Å². The van der Waals surface area contributed by atoms with Crippen LogP contribution < -0.4 is 0 Å². The van der Waals surface area contributed by atoms with E-state index in [1.165, 1.54) is 31.2 Å². The molecule has 1 N–H and O–H groups in total. The predicted octanol–water partition coefficient (Wildman–Crippen LogP) is 10.9. The zero-order valence-corrected chi connectivity index (χ0v) is 34.7. The van der Waals surface area contributed by atoms with Crippen LogP contribution in [-0.2, 0) is 25.5 Å². The average Bonchev–Trinajstić information content (AvgIpc) is 3.11. The van der Waals surface area contributed by atoms with E-state index in [9.17, 15) is 28.3 Å². The van der Waals surface area contributed by atoms with Crippen molar-refractivity contribution in [3.63, 3.8) is 0 Å². The summed E-state index contributed by atoms with van der Waals surface area (Å²) in [7, 11) is 0. The lowest BCUT2D eigenvalue weighted by Gasteiger charge is -2.45. The molecule has 2 amide bonds. The summed E-state index contributed by atoms with van der Waals surface area (Å²) in [5.74, 6) is -0.807. The van der Waals surface area contributed by atoms with Gasteiger partial charge in [0.15, 0.2) is 0 Å². The van der Waals surface area contributed by atoms with Gasteiger partial charge in [-0.2, -0.15) is 0 Å². The predicted molar refractivity (Wildman–Crippen MR) is 213 cm³/mol. The quantitative estimate of drug-likeness (QED) is 0.170. The minimum atomic E-state index is -1.05. The molecule has 4 atom stereocenters. The Morgan fingerprint density at radius 1 is 0.745 bits per heavy atom. The molecule has 0 spiro atoms. The molecule has 0 unspecified atom stereocenters. The van der Waals surface area contributed by atoms with Gasteiger partial charge >= 0.3 is 12.2 Å². The minimum absolute atomic E-state index is 0.0729. The second-order valence-electron chi connectivity index (χ2n) is 15.0. The lowest BCUT2D eigenvalue weighted by Crippen LogP contribution is -2.51. The molecule has 12 heteroatoms. The van der Waals surface area contributed by atoms with E-state index in [0.717, 1.165) is 20.1 Å². The largest absolute Gasteiger partial charge is 0.438 e. The van der Waals surface area contributed by atoms with Crippen molar-refractivity contribution < 1.29 is 37.7 Å². The molecule has 2 fully saturated rings. The molecule has 0 saturated carbocycles. The van der Waals surface area contributed by atoms with E-state index in [1.807, 2.05) is 62.4 Å². The van der Waals surface area contributed by atoms with E-state index in [-0.39, 0.29) is 42.3 Å². The van der Waals surface area contributed by atoms with Crippen LogP contribution in [0.15, 0.2) is 106 Å². The van der Waals surface area contributed by atoms with Crippen molar-refractivity contribution in [3.05, 3.63) is 140 Å². The third-order valence-electron chi connectivity index (χ3n) is 10.1. The van der Waals surface area contributed by atoms with Crippen LogP contribution in [-0.4, -0.2) is 51.6 Å². The molecule has 8 nitrogen and oxygen atoms in total. The lowest BCUT2D eigenvalue weighted by molar-refractivity contribution is -0.126. The Morgan fingerprint density at radius 3 is 1.53 bits per heavy atom. The number of benzene rings is 4. The summed E-state index contributed by atoms with van der Waals surface area (Å²) >= 11 is 6.91. The number of hydrogen-bond acceptors (Lipinski definition) is 6. The molecule has 4 aromatic rings. The van der Waals surface area contributed by atoms with Crippen LogP contribution in [0.25, 0.3) is 0 Å². The minimum Gasteiger partial charge on any atom is -0.438 e. The molecular weight excluding hydrogens is 838 g/mol. The fourth-order valence-electron chi connectivity index (χ4n) is 7.40. The topological polar surface area (TPSA) is 96.4 Å². The number of aliphatic hydroxyl groups is 1. The van der Waals surface area contributed by atoms with E-state index in [4.69, 9.17) is 9.47 Å². The normalized spacial score (nSPS) is 21.1. The number of rotatable bonds is 10. The third-order valence-corrected chi connectivity index (χ3v) is 11.1. The Morgan fingerprint density at radius 2 is 1.15 bits per heavy atom. The van der Waals surface area contributed by atoms with Crippen LogP contribution >= 0.6 is 31.9 Å². The molecule has 2 aliphatic heterocycles. The number of ketones is 1. The summed E-state index contributed by atoms with van der Waals surface area (Å²) in [6.07, 6.45) is 0.362. The van der Waals surface area contributed by atoms with E-state index in [2.05, 4.69) is 31.9 Å². The summed E-state index contributed by atoms with van der Waals surface area (Å²) in [4.78, 5) is 41.0. The first kappa shape index (κ1) is 42.0. The number of Topliss-reactive ketones (excluding diaryl/α,β-unsaturated/α-hetero) is 1. The van der Waals surface area contributed by atoms with Crippen molar-refractivity contribution in [1.82, 2.24) is 9.80 Å². The molecule has 4 aromatic carbocycles. The zero-order valence-electron chi connectivity index (χ0n) is 31.5. The van der Waals surface area contributed by atoms with Gasteiger partial charge in [-0.3, -0.25) is 4.79 Å². The maximum absolute atomic E-state index is 13.4. The van der Waals surface area contributed by atoms with Gasteiger partial charge < -0.3 is 24.4 Å². The summed E-state index contributed by atoms with van der Waals surface area (Å²) in [6, 6.07) is 27.0. The van der Waals surface area contributed by atoms with E-state index < -0.39 is 29.0 Å². The summed E-state index contributed by atoms with van der Waals surface area (Å²) in [5, 5.41) is 10.4. The van der Waals surface area contributed by atoms with Crippen LogP contribution in [0.3, 0.4) is 0 Å². The van der Waals surface area contributed by atoms with Crippen LogP contribution in [0.2, 0.25) is 0 Å². The van der Waals surface area contributed by atoms with Crippen molar-refractivity contribution in [2.45, 2.75) is 89.2 Å². The van der Waals surface area contributed by atoms with Crippen molar-refractivity contribution in [2.75, 3.05) is 13.1 Å². The lowest BCUT2D eigenvalue weighted by atomic mass is 9.80. The first-order valence-electron chi connectivity index (χ1n) is 18.1. The van der Waals surface area contributed by atoms with Gasteiger partial charge in [0.25, 0.3) is 0 Å². The molecule has 2 saturated heterocycles. The SMILES string of the molecule is CC(=O)C[C@]1(c2ccc(F)cc2)CCN([C@@H](C)c2cccc(Br)c2)C(=O)O1.C[C@@H](c1cccc(Br)c1)N1CC[C@](CC(C)(C)O)(c2ccc(F)cc2)OC1=O. The summed E-state index contributed by atoms with van der Waals surface area (Å²) < 4.78 is 40.4. The standard InChI is InChI=1S/C22H25BrFNO3.C21H21BrFNO3/c1-15(16-5-4-6-18(23)13-16)25-12-11-22(28-20(25)26,14-21(2,3)27)17-7-9-19(24)10-8-17;1-14(25)13-21(17-6-8-19(23)9-7-17)10-11-24(20(26)27-21)15(2)16-4-3-5-18(22)12-16/h4-10,13,15,27H,11-12,14H2,1-3H3;3-9,12,15H,10-11,13H2,1-2H3/t15-,22-;15-,21-/m00/s1. The van der Waals surface area contributed by atoms with Crippen LogP contribution in [0.4, 0.5) is 18.4 Å². The number of halogens is 4. The Hall–Kier alpha value is -4.13. The fraction of sp³-hybridized carbons (Fsp3) is 0.372. The third kappa shape index (κ3) is 10.4. The monoisotopic (exact) mass is 882 g/mol. The Kier molecular flexibility index (Phi) is 13.3. The number of ether oxygens (including phenoxy) is 2. The van der Waals surface area contributed by atoms with Gasteiger partial charge in [0.2, 0.25) is 0 Å². The van der Waals surface area contributed by atoms with Gasteiger partial charge in [-0.1, -0.05) is 80.4 Å². The van der Waals surface area contributed by atoms with Crippen LogP contribution in [0.5, 0.6) is 0 Å². The van der Waals surface area contributed by atoms with Crippen molar-refractivity contribution in [1.29, 1.82) is 0 Å². The van der Waals surface area contributed by atoms with Gasteiger partial charge in [-0.15, -0.1) is 0 Å². The van der Waals surface area contributed by atoms with E-state index in [0.29, 0.717) is 37.1 Å². The molecule has 292 valence electrons. The summed E-state index contributed by atoms with van der Waals surface area (Å²) in [6.45, 7) is 9.65. The van der Waals surface area contributed by atoms with Gasteiger partial charge in [0.1, 0.15) is 28.6 Å². The highest BCUT2D eigenvalue weighted by atomic mass is 79.9. The van der Waals surface area contributed by atoms with E-state index >= 15 is 0 Å². The number of carbonyl (C=O) groups is 3. The maximum Gasteiger partial charge on any atom is 0.411 e. The molecule has 6 rings (SSSR count). The number of cyclic esters (lactones) is 2.